The van der Waals surface area contributed by atoms with Crippen molar-refractivity contribution in [3.8, 4) is 10.4 Å². The molecule has 2 aromatic rings. The van der Waals surface area contributed by atoms with Gasteiger partial charge in [0.15, 0.2) is 5.13 Å². The molecule has 2 aromatic heterocycles. The SMILES string of the molecule is CNc1nc(C)c(-c2ccnc(C(C)(C)C(F)(F)F)c2)s1. The number of nitrogens with one attached hydrogen (secondary N) is 1. The first kappa shape index (κ1) is 15.8. The van der Waals surface area contributed by atoms with Crippen molar-refractivity contribution >= 4 is 16.5 Å². The molecule has 0 spiro atoms. The molecule has 0 aliphatic heterocycles. The van der Waals surface area contributed by atoms with Crippen LogP contribution in [0.15, 0.2) is 18.3 Å². The molecule has 0 aliphatic carbocycles. The summed E-state index contributed by atoms with van der Waals surface area (Å²) in [7, 11) is 1.76. The number of aromatic nitrogens is 2. The van der Waals surface area contributed by atoms with E-state index in [1.165, 1.54) is 23.6 Å². The fourth-order valence-electron chi connectivity index (χ4n) is 1.83. The monoisotopic (exact) mass is 315 g/mol. The predicted octanol–water partition coefficient (Wildman–Crippen LogP) is 4.40. The van der Waals surface area contributed by atoms with Gasteiger partial charge in [0.2, 0.25) is 0 Å². The summed E-state index contributed by atoms with van der Waals surface area (Å²) in [6.45, 7) is 4.11. The Labute approximate surface area is 125 Å². The molecule has 0 radical (unpaired) electrons. The van der Waals surface area contributed by atoms with Crippen LogP contribution < -0.4 is 5.32 Å². The normalized spacial score (nSPS) is 12.5. The molecule has 21 heavy (non-hydrogen) atoms. The lowest BCUT2D eigenvalue weighted by molar-refractivity contribution is -0.181. The fourth-order valence-corrected chi connectivity index (χ4v) is 2.75. The summed E-state index contributed by atoms with van der Waals surface area (Å²) in [5.41, 5.74) is -0.501. The Bertz CT molecular complexity index is 647. The Kier molecular flexibility index (Phi) is 3.97. The Hall–Kier alpha value is -1.63. The summed E-state index contributed by atoms with van der Waals surface area (Å²) in [5.74, 6) is 0. The predicted molar refractivity (Wildman–Crippen MR) is 78.7 cm³/mol. The molecule has 0 bridgehead atoms. The summed E-state index contributed by atoms with van der Waals surface area (Å²) in [5, 5.41) is 3.67. The molecular formula is C14H16F3N3S. The van der Waals surface area contributed by atoms with Crippen LogP contribution in [0.25, 0.3) is 10.4 Å². The zero-order chi connectivity index (χ0) is 15.8. The van der Waals surface area contributed by atoms with Gasteiger partial charge in [0, 0.05) is 13.2 Å². The fraction of sp³-hybridized carbons (Fsp3) is 0.429. The number of rotatable bonds is 3. The van der Waals surface area contributed by atoms with Gasteiger partial charge in [-0.15, -0.1) is 0 Å². The molecule has 0 saturated carbocycles. The number of halogens is 3. The summed E-state index contributed by atoms with van der Waals surface area (Å²) >= 11 is 1.41. The molecule has 0 atom stereocenters. The first-order valence-corrected chi connectivity index (χ1v) is 7.17. The van der Waals surface area contributed by atoms with E-state index in [4.69, 9.17) is 0 Å². The van der Waals surface area contributed by atoms with Gasteiger partial charge >= 0.3 is 6.18 Å². The Balaban J connectivity index is 2.49. The largest absolute Gasteiger partial charge is 0.399 e. The number of pyridine rings is 1. The van der Waals surface area contributed by atoms with E-state index in [9.17, 15) is 13.2 Å². The van der Waals surface area contributed by atoms with E-state index < -0.39 is 11.6 Å². The lowest BCUT2D eigenvalue weighted by atomic mass is 9.87. The van der Waals surface area contributed by atoms with Crippen LogP contribution in [0.4, 0.5) is 18.3 Å². The molecule has 2 heterocycles. The maximum atomic E-state index is 13.1. The van der Waals surface area contributed by atoms with Crippen LogP contribution in [-0.4, -0.2) is 23.2 Å². The summed E-state index contributed by atoms with van der Waals surface area (Å²) in [6, 6.07) is 3.20. The van der Waals surface area contributed by atoms with Crippen molar-refractivity contribution in [1.29, 1.82) is 0 Å². The number of hydrogen-bond donors (Lipinski definition) is 1. The summed E-state index contributed by atoms with van der Waals surface area (Å²) in [6.07, 6.45) is -2.94. The number of anilines is 1. The molecule has 0 saturated heterocycles. The van der Waals surface area contributed by atoms with Crippen molar-refractivity contribution < 1.29 is 13.2 Å². The van der Waals surface area contributed by atoms with E-state index in [2.05, 4.69) is 15.3 Å². The highest BCUT2D eigenvalue weighted by molar-refractivity contribution is 7.19. The van der Waals surface area contributed by atoms with Gasteiger partial charge in [-0.2, -0.15) is 13.2 Å². The third-order valence-corrected chi connectivity index (χ3v) is 4.61. The van der Waals surface area contributed by atoms with Gasteiger partial charge in [-0.05, 0) is 38.5 Å². The standard InChI is InChI=1S/C14H16F3N3S/c1-8-11(21-12(18-4)20-8)9-5-6-19-10(7-9)13(2,3)14(15,16)17/h5-7H,1-4H3,(H,18,20). The van der Waals surface area contributed by atoms with Crippen molar-refractivity contribution in [2.75, 3.05) is 12.4 Å². The second-order valence-electron chi connectivity index (χ2n) is 5.24. The van der Waals surface area contributed by atoms with Crippen LogP contribution >= 0.6 is 11.3 Å². The topological polar surface area (TPSA) is 37.8 Å². The molecule has 3 nitrogen and oxygen atoms in total. The summed E-state index contributed by atoms with van der Waals surface area (Å²) in [4.78, 5) is 9.07. The van der Waals surface area contributed by atoms with Gasteiger partial charge in [-0.25, -0.2) is 4.98 Å². The third-order valence-electron chi connectivity index (χ3n) is 3.38. The van der Waals surface area contributed by atoms with Gasteiger partial charge < -0.3 is 5.32 Å². The van der Waals surface area contributed by atoms with E-state index in [-0.39, 0.29) is 5.69 Å². The Morgan fingerprint density at radius 2 is 1.90 bits per heavy atom. The smallest absolute Gasteiger partial charge is 0.365 e. The number of thiazole rings is 1. The highest BCUT2D eigenvalue weighted by atomic mass is 32.1. The molecule has 2 rings (SSSR count). The zero-order valence-corrected chi connectivity index (χ0v) is 13.0. The van der Waals surface area contributed by atoms with E-state index in [0.29, 0.717) is 5.56 Å². The molecule has 0 aliphatic rings. The molecule has 0 amide bonds. The number of aryl methyl sites for hydroxylation is 1. The average molecular weight is 315 g/mol. The van der Waals surface area contributed by atoms with E-state index in [1.807, 2.05) is 6.92 Å². The van der Waals surface area contributed by atoms with Crippen LogP contribution in [0.2, 0.25) is 0 Å². The lowest BCUT2D eigenvalue weighted by Gasteiger charge is -2.27. The quantitative estimate of drug-likeness (QED) is 0.912. The molecule has 1 N–H and O–H groups in total. The minimum absolute atomic E-state index is 0.00584. The minimum Gasteiger partial charge on any atom is -0.365 e. The van der Waals surface area contributed by atoms with E-state index >= 15 is 0 Å². The Morgan fingerprint density at radius 3 is 2.43 bits per heavy atom. The molecule has 0 aromatic carbocycles. The van der Waals surface area contributed by atoms with Gasteiger partial charge in [-0.1, -0.05) is 11.3 Å². The maximum Gasteiger partial charge on any atom is 0.399 e. The number of nitrogens with zero attached hydrogens (tertiary/aromatic N) is 2. The molecule has 0 fully saturated rings. The second kappa shape index (κ2) is 5.29. The number of hydrogen-bond acceptors (Lipinski definition) is 4. The lowest BCUT2D eigenvalue weighted by Crippen LogP contribution is -2.37. The second-order valence-corrected chi connectivity index (χ2v) is 6.24. The van der Waals surface area contributed by atoms with Gasteiger partial charge in [0.1, 0.15) is 5.41 Å². The third kappa shape index (κ3) is 2.88. The average Bonchev–Trinajstić information content (AvgIpc) is 2.79. The molecular weight excluding hydrogens is 299 g/mol. The highest BCUT2D eigenvalue weighted by Crippen LogP contribution is 2.41. The maximum absolute atomic E-state index is 13.1. The van der Waals surface area contributed by atoms with Crippen molar-refractivity contribution in [1.82, 2.24) is 9.97 Å². The minimum atomic E-state index is -4.35. The van der Waals surface area contributed by atoms with Crippen LogP contribution in [-0.2, 0) is 5.41 Å². The van der Waals surface area contributed by atoms with Gasteiger partial charge in [0.25, 0.3) is 0 Å². The van der Waals surface area contributed by atoms with Crippen molar-refractivity contribution in [3.63, 3.8) is 0 Å². The zero-order valence-electron chi connectivity index (χ0n) is 12.2. The van der Waals surface area contributed by atoms with E-state index in [1.54, 1.807) is 13.1 Å². The Morgan fingerprint density at radius 1 is 1.24 bits per heavy atom. The highest BCUT2D eigenvalue weighted by Gasteiger charge is 2.49. The van der Waals surface area contributed by atoms with E-state index in [0.717, 1.165) is 29.6 Å². The van der Waals surface area contributed by atoms with Crippen LogP contribution in [0, 0.1) is 6.92 Å². The number of alkyl halides is 3. The van der Waals surface area contributed by atoms with Crippen molar-refractivity contribution in [2.24, 2.45) is 0 Å². The van der Waals surface area contributed by atoms with Gasteiger partial charge in [0.05, 0.1) is 16.3 Å². The van der Waals surface area contributed by atoms with Gasteiger partial charge in [-0.3, -0.25) is 4.98 Å². The van der Waals surface area contributed by atoms with Crippen molar-refractivity contribution in [2.45, 2.75) is 32.4 Å². The first-order chi connectivity index (χ1) is 9.66. The van der Waals surface area contributed by atoms with Crippen molar-refractivity contribution in [3.05, 3.63) is 29.7 Å². The molecule has 0 unspecified atom stereocenters. The van der Waals surface area contributed by atoms with Crippen LogP contribution in [0.1, 0.15) is 25.2 Å². The first-order valence-electron chi connectivity index (χ1n) is 6.35. The summed E-state index contributed by atoms with van der Waals surface area (Å²) < 4.78 is 39.4. The van der Waals surface area contributed by atoms with Crippen LogP contribution in [0.5, 0.6) is 0 Å². The van der Waals surface area contributed by atoms with Crippen LogP contribution in [0.3, 0.4) is 0 Å². The molecule has 114 valence electrons. The molecule has 7 heteroatoms.